The van der Waals surface area contributed by atoms with Crippen LogP contribution in [-0.2, 0) is 4.79 Å². The lowest BCUT2D eigenvalue weighted by Crippen LogP contribution is -2.00. The maximum Gasteiger partial charge on any atom is 0.121 e. The fourth-order valence-electron chi connectivity index (χ4n) is 0.696. The lowest BCUT2D eigenvalue weighted by molar-refractivity contribution is -0.107. The maximum absolute atomic E-state index is 10.0. The van der Waals surface area contributed by atoms with Crippen molar-refractivity contribution in [2.45, 2.75) is 31.9 Å². The fourth-order valence-corrected chi connectivity index (χ4v) is 1.62. The number of rotatable bonds is 5. The molecule has 0 saturated carbocycles. The largest absolute Gasteiger partial charge is 0.303 e. The molecule has 2 heteroatoms. The van der Waals surface area contributed by atoms with Crippen LogP contribution in [0.15, 0.2) is 0 Å². The van der Waals surface area contributed by atoms with Crippen molar-refractivity contribution in [3.63, 3.8) is 0 Å². The second-order valence-electron chi connectivity index (χ2n) is 1.89. The van der Waals surface area contributed by atoms with Crippen LogP contribution in [-0.4, -0.2) is 17.3 Å². The molecule has 0 aliphatic carbocycles. The quantitative estimate of drug-likeness (QED) is 0.552. The Kier molecular flexibility index (Phi) is 6.16. The zero-order valence-electron chi connectivity index (χ0n) is 6.09. The zero-order chi connectivity index (χ0) is 7.11. The van der Waals surface area contributed by atoms with E-state index in [-0.39, 0.29) is 0 Å². The van der Waals surface area contributed by atoms with Gasteiger partial charge in [-0.3, -0.25) is 0 Å². The number of carbonyl (C=O) groups is 1. The van der Waals surface area contributed by atoms with Crippen LogP contribution in [0.2, 0.25) is 0 Å². The van der Waals surface area contributed by atoms with Crippen molar-refractivity contribution in [2.75, 3.05) is 5.75 Å². The minimum Gasteiger partial charge on any atom is -0.303 e. The van der Waals surface area contributed by atoms with Crippen molar-refractivity contribution in [3.05, 3.63) is 0 Å². The highest BCUT2D eigenvalue weighted by Crippen LogP contribution is 2.15. The number of hydrogen-bond donors (Lipinski definition) is 0. The van der Waals surface area contributed by atoms with Gasteiger partial charge in [-0.15, -0.1) is 0 Å². The average Bonchev–Trinajstić information content (AvgIpc) is 1.88. The molecule has 0 saturated heterocycles. The van der Waals surface area contributed by atoms with Gasteiger partial charge in [-0.2, -0.15) is 11.8 Å². The third kappa shape index (κ3) is 4.52. The summed E-state index contributed by atoms with van der Waals surface area (Å²) < 4.78 is 0. The average molecular weight is 146 g/mol. The standard InChI is InChI=1S/C7H14OS/c1-3-7(5-6-8)9-4-2/h6-7H,3-5H2,1-2H3/t7-/m1/s1. The minimum absolute atomic E-state index is 0.562. The summed E-state index contributed by atoms with van der Waals surface area (Å²) in [6.45, 7) is 4.24. The first-order valence-corrected chi connectivity index (χ1v) is 4.45. The number of aldehydes is 1. The van der Waals surface area contributed by atoms with E-state index in [1.165, 1.54) is 0 Å². The molecule has 0 radical (unpaired) electrons. The van der Waals surface area contributed by atoms with Gasteiger partial charge in [-0.25, -0.2) is 0 Å². The Morgan fingerprint density at radius 3 is 2.56 bits per heavy atom. The zero-order valence-corrected chi connectivity index (χ0v) is 6.91. The molecular weight excluding hydrogens is 132 g/mol. The Balaban J connectivity index is 3.28. The highest BCUT2D eigenvalue weighted by Gasteiger charge is 2.02. The van der Waals surface area contributed by atoms with Gasteiger partial charge in [0.2, 0.25) is 0 Å². The fraction of sp³-hybridized carbons (Fsp3) is 0.857. The number of hydrogen-bond acceptors (Lipinski definition) is 2. The van der Waals surface area contributed by atoms with Gasteiger partial charge in [-0.1, -0.05) is 13.8 Å². The molecular formula is C7H14OS. The van der Waals surface area contributed by atoms with Gasteiger partial charge >= 0.3 is 0 Å². The highest BCUT2D eigenvalue weighted by molar-refractivity contribution is 7.99. The summed E-state index contributed by atoms with van der Waals surface area (Å²) in [4.78, 5) is 10.0. The molecule has 0 amide bonds. The smallest absolute Gasteiger partial charge is 0.121 e. The molecule has 0 N–H and O–H groups in total. The third-order valence-electron chi connectivity index (χ3n) is 1.22. The van der Waals surface area contributed by atoms with E-state index in [2.05, 4.69) is 13.8 Å². The normalized spacial score (nSPS) is 13.1. The lowest BCUT2D eigenvalue weighted by Gasteiger charge is -2.07. The van der Waals surface area contributed by atoms with Crippen LogP contribution < -0.4 is 0 Å². The minimum atomic E-state index is 0.562. The summed E-state index contributed by atoms with van der Waals surface area (Å²) in [6.07, 6.45) is 2.84. The predicted molar refractivity (Wildman–Crippen MR) is 42.9 cm³/mol. The molecule has 1 nitrogen and oxygen atoms in total. The molecule has 0 aromatic rings. The van der Waals surface area contributed by atoms with Crippen LogP contribution in [0.3, 0.4) is 0 Å². The molecule has 0 aromatic carbocycles. The summed E-state index contributed by atoms with van der Waals surface area (Å²) >= 11 is 1.87. The molecule has 0 aliphatic rings. The van der Waals surface area contributed by atoms with E-state index in [9.17, 15) is 4.79 Å². The van der Waals surface area contributed by atoms with Crippen molar-refractivity contribution < 1.29 is 4.79 Å². The van der Waals surface area contributed by atoms with E-state index in [0.717, 1.165) is 24.9 Å². The van der Waals surface area contributed by atoms with Crippen LogP contribution >= 0.6 is 11.8 Å². The predicted octanol–water partition coefficient (Wildman–Crippen LogP) is 2.11. The Bertz CT molecular complexity index is 73.3. The molecule has 0 rings (SSSR count). The second-order valence-corrected chi connectivity index (χ2v) is 3.47. The van der Waals surface area contributed by atoms with Gasteiger partial charge in [0.25, 0.3) is 0 Å². The van der Waals surface area contributed by atoms with Crippen LogP contribution in [0, 0.1) is 0 Å². The van der Waals surface area contributed by atoms with Gasteiger partial charge in [0.1, 0.15) is 6.29 Å². The number of carbonyl (C=O) groups excluding carboxylic acids is 1. The SMILES string of the molecule is CCS[C@H](CC)CC=O. The van der Waals surface area contributed by atoms with E-state index in [0.29, 0.717) is 5.25 Å². The van der Waals surface area contributed by atoms with E-state index in [1.807, 2.05) is 11.8 Å². The first-order valence-electron chi connectivity index (χ1n) is 3.40. The van der Waals surface area contributed by atoms with Crippen molar-refractivity contribution in [1.82, 2.24) is 0 Å². The summed E-state index contributed by atoms with van der Waals surface area (Å²) in [7, 11) is 0. The van der Waals surface area contributed by atoms with Crippen LogP contribution in [0.5, 0.6) is 0 Å². The van der Waals surface area contributed by atoms with Crippen LogP contribution in [0.4, 0.5) is 0 Å². The molecule has 9 heavy (non-hydrogen) atoms. The van der Waals surface area contributed by atoms with Crippen molar-refractivity contribution in [1.29, 1.82) is 0 Å². The van der Waals surface area contributed by atoms with E-state index >= 15 is 0 Å². The summed E-state index contributed by atoms with van der Waals surface area (Å²) in [5, 5.41) is 0.562. The molecule has 0 spiro atoms. The molecule has 0 fully saturated rings. The Morgan fingerprint density at radius 1 is 1.56 bits per heavy atom. The lowest BCUT2D eigenvalue weighted by atomic mass is 10.3. The summed E-state index contributed by atoms with van der Waals surface area (Å²) in [6, 6.07) is 0. The Hall–Kier alpha value is 0.0200. The molecule has 1 atom stereocenters. The monoisotopic (exact) mass is 146 g/mol. The molecule has 0 heterocycles. The van der Waals surface area contributed by atoms with Gasteiger partial charge in [0.05, 0.1) is 0 Å². The van der Waals surface area contributed by atoms with Gasteiger partial charge in [0.15, 0.2) is 0 Å². The van der Waals surface area contributed by atoms with Crippen molar-refractivity contribution in [3.8, 4) is 0 Å². The Labute approximate surface area is 61.2 Å². The van der Waals surface area contributed by atoms with Crippen molar-refractivity contribution >= 4 is 18.0 Å². The third-order valence-corrected chi connectivity index (χ3v) is 2.55. The first-order chi connectivity index (χ1) is 4.35. The summed E-state index contributed by atoms with van der Waals surface area (Å²) in [5.74, 6) is 1.12. The molecule has 0 aliphatic heterocycles. The van der Waals surface area contributed by atoms with Crippen molar-refractivity contribution in [2.24, 2.45) is 0 Å². The van der Waals surface area contributed by atoms with Gasteiger partial charge in [0, 0.05) is 11.7 Å². The van der Waals surface area contributed by atoms with Crippen LogP contribution in [0.1, 0.15) is 26.7 Å². The highest BCUT2D eigenvalue weighted by atomic mass is 32.2. The molecule has 54 valence electrons. The second kappa shape index (κ2) is 6.14. The maximum atomic E-state index is 10.0. The van der Waals surface area contributed by atoms with Gasteiger partial charge in [-0.05, 0) is 12.2 Å². The molecule has 0 bridgehead atoms. The van der Waals surface area contributed by atoms with E-state index in [4.69, 9.17) is 0 Å². The summed E-state index contributed by atoms with van der Waals surface area (Å²) in [5.41, 5.74) is 0. The topological polar surface area (TPSA) is 17.1 Å². The first kappa shape index (κ1) is 9.02. The Morgan fingerprint density at radius 2 is 2.22 bits per heavy atom. The number of thioether (sulfide) groups is 1. The van der Waals surface area contributed by atoms with E-state index < -0.39 is 0 Å². The van der Waals surface area contributed by atoms with Gasteiger partial charge < -0.3 is 4.79 Å². The molecule has 0 aromatic heterocycles. The van der Waals surface area contributed by atoms with Crippen LogP contribution in [0.25, 0.3) is 0 Å². The molecule has 0 unspecified atom stereocenters. The van der Waals surface area contributed by atoms with E-state index in [1.54, 1.807) is 0 Å².